The van der Waals surface area contributed by atoms with Crippen LogP contribution in [0, 0.1) is 5.82 Å². The number of amides is 1. The number of halogens is 2. The van der Waals surface area contributed by atoms with Crippen LogP contribution in [0.15, 0.2) is 18.2 Å². The van der Waals surface area contributed by atoms with E-state index in [1.807, 2.05) is 4.90 Å². The summed E-state index contributed by atoms with van der Waals surface area (Å²) in [5.74, 6) is -0.126. The van der Waals surface area contributed by atoms with E-state index in [0.29, 0.717) is 17.8 Å². The van der Waals surface area contributed by atoms with Crippen LogP contribution in [0.5, 0.6) is 5.75 Å². The third-order valence-corrected chi connectivity index (χ3v) is 4.42. The highest BCUT2D eigenvalue weighted by atomic mass is 35.5. The van der Waals surface area contributed by atoms with Gasteiger partial charge in [0.25, 0.3) is 5.91 Å². The molecule has 2 heterocycles. The van der Waals surface area contributed by atoms with Gasteiger partial charge >= 0.3 is 0 Å². The van der Waals surface area contributed by atoms with E-state index in [4.69, 9.17) is 16.3 Å². The van der Waals surface area contributed by atoms with E-state index in [1.165, 1.54) is 24.6 Å². The molecule has 2 atom stereocenters. The molecule has 0 aromatic heterocycles. The molecule has 3 rings (SSSR count). The van der Waals surface area contributed by atoms with Crippen molar-refractivity contribution in [2.24, 2.45) is 0 Å². The minimum Gasteiger partial charge on any atom is -0.484 e. The minimum absolute atomic E-state index is 0.00349. The van der Waals surface area contributed by atoms with Crippen LogP contribution in [0.1, 0.15) is 19.3 Å². The van der Waals surface area contributed by atoms with Crippen molar-refractivity contribution >= 4 is 17.5 Å². The number of likely N-dealkylation sites (tertiary alicyclic amines) is 1. The molecule has 1 N–H and O–H groups in total. The van der Waals surface area contributed by atoms with Gasteiger partial charge < -0.3 is 15.0 Å². The molecule has 0 saturated carbocycles. The van der Waals surface area contributed by atoms with Gasteiger partial charge in [0.1, 0.15) is 11.6 Å². The Balaban J connectivity index is 1.55. The van der Waals surface area contributed by atoms with Gasteiger partial charge in [-0.2, -0.15) is 0 Å². The highest BCUT2D eigenvalue weighted by Gasteiger charge is 2.31. The molecular formula is C15H18ClFN2O2. The Hall–Kier alpha value is -1.33. The van der Waals surface area contributed by atoms with Crippen molar-refractivity contribution in [3.8, 4) is 5.75 Å². The second-order valence-electron chi connectivity index (χ2n) is 5.63. The Labute approximate surface area is 128 Å². The summed E-state index contributed by atoms with van der Waals surface area (Å²) < 4.78 is 18.5. The molecule has 4 nitrogen and oxygen atoms in total. The Kier molecular flexibility index (Phi) is 4.31. The summed E-state index contributed by atoms with van der Waals surface area (Å²) in [7, 11) is 0. The molecule has 1 aromatic carbocycles. The third kappa shape index (κ3) is 3.47. The van der Waals surface area contributed by atoms with Crippen molar-refractivity contribution in [1.29, 1.82) is 0 Å². The molecule has 114 valence electrons. The second-order valence-corrected chi connectivity index (χ2v) is 6.04. The van der Waals surface area contributed by atoms with E-state index < -0.39 is 5.82 Å². The van der Waals surface area contributed by atoms with Gasteiger partial charge in [-0.3, -0.25) is 4.79 Å². The molecule has 0 aliphatic carbocycles. The zero-order valence-corrected chi connectivity index (χ0v) is 12.4. The lowest BCUT2D eigenvalue weighted by Crippen LogP contribution is -2.41. The van der Waals surface area contributed by atoms with E-state index >= 15 is 0 Å². The van der Waals surface area contributed by atoms with Gasteiger partial charge in [-0.05, 0) is 31.4 Å². The molecule has 2 saturated heterocycles. The van der Waals surface area contributed by atoms with Crippen LogP contribution in [-0.2, 0) is 4.79 Å². The number of carbonyl (C=O) groups is 1. The maximum absolute atomic E-state index is 13.1. The molecule has 1 aromatic rings. The standard InChI is InChI=1S/C15H18ClFN2O2/c16-13-7-12(3-4-14(13)17)21-9-15(20)19-6-5-10-1-2-11(8-19)18-10/h3-4,7,10-11,18H,1-2,5-6,8-9H2. The molecule has 2 bridgehead atoms. The number of nitrogens with one attached hydrogen (secondary N) is 1. The normalized spacial score (nSPS) is 24.8. The van der Waals surface area contributed by atoms with E-state index in [0.717, 1.165) is 25.9 Å². The predicted octanol–water partition coefficient (Wildman–Crippen LogP) is 2.21. The van der Waals surface area contributed by atoms with Crippen molar-refractivity contribution in [1.82, 2.24) is 10.2 Å². The molecule has 2 unspecified atom stereocenters. The number of benzene rings is 1. The van der Waals surface area contributed by atoms with Crippen LogP contribution in [-0.4, -0.2) is 42.6 Å². The fraction of sp³-hybridized carbons (Fsp3) is 0.533. The highest BCUT2D eigenvalue weighted by molar-refractivity contribution is 6.30. The Morgan fingerprint density at radius 3 is 3.00 bits per heavy atom. The number of ether oxygens (including phenoxy) is 1. The van der Waals surface area contributed by atoms with Gasteiger partial charge in [0.05, 0.1) is 5.02 Å². The smallest absolute Gasteiger partial charge is 0.260 e. The zero-order chi connectivity index (χ0) is 14.8. The number of hydrogen-bond acceptors (Lipinski definition) is 3. The fourth-order valence-electron chi connectivity index (χ4n) is 2.97. The summed E-state index contributed by atoms with van der Waals surface area (Å²) in [6, 6.07) is 5.04. The van der Waals surface area contributed by atoms with Crippen LogP contribution in [0.2, 0.25) is 5.02 Å². The fourth-order valence-corrected chi connectivity index (χ4v) is 3.14. The average molecular weight is 313 g/mol. The predicted molar refractivity (Wildman–Crippen MR) is 78.0 cm³/mol. The first-order chi connectivity index (χ1) is 10.1. The average Bonchev–Trinajstić information content (AvgIpc) is 2.79. The second kappa shape index (κ2) is 6.20. The molecule has 2 fully saturated rings. The van der Waals surface area contributed by atoms with Crippen LogP contribution in [0.3, 0.4) is 0 Å². The van der Waals surface area contributed by atoms with Gasteiger partial charge in [0, 0.05) is 31.2 Å². The minimum atomic E-state index is -0.495. The van der Waals surface area contributed by atoms with Crippen molar-refractivity contribution in [3.63, 3.8) is 0 Å². The first-order valence-corrected chi connectivity index (χ1v) is 7.61. The first-order valence-electron chi connectivity index (χ1n) is 7.23. The summed E-state index contributed by atoms with van der Waals surface area (Å²) in [6.45, 7) is 1.46. The summed E-state index contributed by atoms with van der Waals surface area (Å²) in [4.78, 5) is 14.1. The zero-order valence-electron chi connectivity index (χ0n) is 11.6. The molecule has 6 heteroatoms. The monoisotopic (exact) mass is 312 g/mol. The Morgan fingerprint density at radius 1 is 1.38 bits per heavy atom. The van der Waals surface area contributed by atoms with Crippen LogP contribution in [0.4, 0.5) is 4.39 Å². The molecule has 0 spiro atoms. The Morgan fingerprint density at radius 2 is 2.19 bits per heavy atom. The number of fused-ring (bicyclic) bond motifs is 2. The van der Waals surface area contributed by atoms with Crippen molar-refractivity contribution in [2.75, 3.05) is 19.7 Å². The van der Waals surface area contributed by atoms with E-state index in [9.17, 15) is 9.18 Å². The molecule has 0 radical (unpaired) electrons. The third-order valence-electron chi connectivity index (χ3n) is 4.13. The SMILES string of the molecule is O=C(COc1ccc(F)c(Cl)c1)N1CCC2CCC(C1)N2. The lowest BCUT2D eigenvalue weighted by Gasteiger charge is -2.24. The molecular weight excluding hydrogens is 295 g/mol. The molecule has 1 amide bonds. The van der Waals surface area contributed by atoms with Gasteiger partial charge in [-0.15, -0.1) is 0 Å². The molecule has 21 heavy (non-hydrogen) atoms. The van der Waals surface area contributed by atoms with Crippen molar-refractivity contribution in [2.45, 2.75) is 31.3 Å². The number of hydrogen-bond donors (Lipinski definition) is 1. The lowest BCUT2D eigenvalue weighted by atomic mass is 10.1. The molecule has 2 aliphatic heterocycles. The topological polar surface area (TPSA) is 41.6 Å². The van der Waals surface area contributed by atoms with Crippen molar-refractivity contribution in [3.05, 3.63) is 29.0 Å². The van der Waals surface area contributed by atoms with Crippen LogP contribution >= 0.6 is 11.6 Å². The molecule has 2 aliphatic rings. The maximum atomic E-state index is 13.1. The van der Waals surface area contributed by atoms with E-state index in [1.54, 1.807) is 0 Å². The quantitative estimate of drug-likeness (QED) is 0.930. The van der Waals surface area contributed by atoms with Crippen LogP contribution < -0.4 is 10.1 Å². The summed E-state index contributed by atoms with van der Waals surface area (Å²) in [6.07, 6.45) is 3.32. The maximum Gasteiger partial charge on any atom is 0.260 e. The van der Waals surface area contributed by atoms with Crippen molar-refractivity contribution < 1.29 is 13.9 Å². The van der Waals surface area contributed by atoms with E-state index in [2.05, 4.69) is 5.32 Å². The van der Waals surface area contributed by atoms with Gasteiger partial charge in [0.2, 0.25) is 0 Å². The lowest BCUT2D eigenvalue weighted by molar-refractivity contribution is -0.133. The largest absolute Gasteiger partial charge is 0.484 e. The number of rotatable bonds is 3. The summed E-state index contributed by atoms with van der Waals surface area (Å²) in [5.41, 5.74) is 0. The van der Waals surface area contributed by atoms with E-state index in [-0.39, 0.29) is 17.5 Å². The number of carbonyl (C=O) groups excluding carboxylic acids is 1. The summed E-state index contributed by atoms with van der Waals surface area (Å²) >= 11 is 5.68. The van der Waals surface area contributed by atoms with Gasteiger partial charge in [0.15, 0.2) is 6.61 Å². The van der Waals surface area contributed by atoms with Gasteiger partial charge in [-0.1, -0.05) is 11.6 Å². The van der Waals surface area contributed by atoms with Crippen LogP contribution in [0.25, 0.3) is 0 Å². The number of nitrogens with zero attached hydrogens (tertiary/aromatic N) is 1. The summed E-state index contributed by atoms with van der Waals surface area (Å²) in [5, 5.41) is 3.53. The Bertz CT molecular complexity index is 540. The van der Waals surface area contributed by atoms with Gasteiger partial charge in [-0.25, -0.2) is 4.39 Å². The first kappa shape index (κ1) is 14.6. The highest BCUT2D eigenvalue weighted by Crippen LogP contribution is 2.22.